The number of rotatable bonds is 6. The van der Waals surface area contributed by atoms with Crippen molar-refractivity contribution in [2.75, 3.05) is 11.5 Å². The normalized spacial score (nSPS) is 16.3. The minimum Gasteiger partial charge on any atom is -0.546 e. The molecular weight excluding hydrogens is 421 g/mol. The number of benzene rings is 2. The molecule has 1 aliphatic heterocycles. The molecule has 1 amide bonds. The molecule has 1 heterocycles. The summed E-state index contributed by atoms with van der Waals surface area (Å²) in [7, 11) is 0. The van der Waals surface area contributed by atoms with Crippen molar-refractivity contribution < 1.29 is 29.3 Å². The SMILES string of the molecule is CC(=O)C1=C(O)C(=O)N(c2ccc(OCC(=O)[O-])cc2)C1c1ccc(Cl)cc1Cl. The molecule has 3 rings (SSSR count). The Morgan fingerprint density at radius 2 is 1.83 bits per heavy atom. The van der Waals surface area contributed by atoms with Gasteiger partial charge in [0.25, 0.3) is 5.91 Å². The number of carboxylic acids is 1. The van der Waals surface area contributed by atoms with Crippen molar-refractivity contribution in [3.8, 4) is 5.75 Å². The molecule has 0 saturated carbocycles. The molecule has 9 heteroatoms. The van der Waals surface area contributed by atoms with Crippen LogP contribution in [-0.4, -0.2) is 29.4 Å². The van der Waals surface area contributed by atoms with E-state index < -0.39 is 36.1 Å². The van der Waals surface area contributed by atoms with Crippen LogP contribution in [0.3, 0.4) is 0 Å². The van der Waals surface area contributed by atoms with Crippen molar-refractivity contribution in [2.45, 2.75) is 13.0 Å². The number of carbonyl (C=O) groups excluding carboxylic acids is 3. The zero-order valence-electron chi connectivity index (χ0n) is 15.0. The lowest BCUT2D eigenvalue weighted by Gasteiger charge is -2.27. The summed E-state index contributed by atoms with van der Waals surface area (Å²) in [5.74, 6) is -3.04. The third-order valence-electron chi connectivity index (χ3n) is 4.32. The number of carbonyl (C=O) groups is 3. The number of Topliss-reactive ketones (excluding diaryl/α,β-unsaturated/α-hetero) is 1. The Bertz CT molecular complexity index is 1030. The van der Waals surface area contributed by atoms with Crippen LogP contribution < -0.4 is 14.7 Å². The molecule has 150 valence electrons. The molecule has 1 unspecified atom stereocenters. The zero-order valence-corrected chi connectivity index (χ0v) is 16.5. The molecule has 7 nitrogen and oxygen atoms in total. The number of hydrogen-bond acceptors (Lipinski definition) is 6. The highest BCUT2D eigenvalue weighted by Crippen LogP contribution is 2.43. The van der Waals surface area contributed by atoms with E-state index in [0.717, 1.165) is 0 Å². The molecule has 1 atom stereocenters. The standard InChI is InChI=1S/C20H15Cl2NO6/c1-10(24)17-18(14-7-2-11(21)8-15(14)22)23(20(28)19(17)27)12-3-5-13(6-4-12)29-9-16(25)26/h2-8,18,27H,9H2,1H3,(H,25,26)/p-1. The monoisotopic (exact) mass is 434 g/mol. The molecule has 1 N–H and O–H groups in total. The van der Waals surface area contributed by atoms with Crippen molar-refractivity contribution in [3.05, 3.63) is 69.4 Å². The topological polar surface area (TPSA) is 107 Å². The average Bonchev–Trinajstić information content (AvgIpc) is 2.91. The summed E-state index contributed by atoms with van der Waals surface area (Å²) in [6.45, 7) is 0.623. The van der Waals surface area contributed by atoms with E-state index in [1.54, 1.807) is 12.1 Å². The summed E-state index contributed by atoms with van der Waals surface area (Å²) in [5, 5.41) is 21.4. The number of anilines is 1. The number of hydrogen-bond donors (Lipinski definition) is 1. The van der Waals surface area contributed by atoms with Crippen LogP contribution in [0.2, 0.25) is 10.0 Å². The van der Waals surface area contributed by atoms with Crippen molar-refractivity contribution in [1.29, 1.82) is 0 Å². The van der Waals surface area contributed by atoms with Crippen LogP contribution in [-0.2, 0) is 14.4 Å². The maximum Gasteiger partial charge on any atom is 0.294 e. The van der Waals surface area contributed by atoms with Crippen molar-refractivity contribution in [1.82, 2.24) is 0 Å². The van der Waals surface area contributed by atoms with Crippen LogP contribution in [0.4, 0.5) is 5.69 Å². The van der Waals surface area contributed by atoms with Crippen LogP contribution in [0.25, 0.3) is 0 Å². The largest absolute Gasteiger partial charge is 0.546 e. The highest BCUT2D eigenvalue weighted by molar-refractivity contribution is 6.35. The van der Waals surface area contributed by atoms with Crippen LogP contribution in [0.15, 0.2) is 53.8 Å². The first-order valence-corrected chi connectivity index (χ1v) is 9.11. The predicted molar refractivity (Wildman–Crippen MR) is 104 cm³/mol. The number of carboxylic acid groups (broad SMARTS) is 1. The minimum absolute atomic E-state index is 0.0866. The first kappa shape index (κ1) is 20.7. The Balaban J connectivity index is 2.05. The van der Waals surface area contributed by atoms with Gasteiger partial charge in [-0.25, -0.2) is 0 Å². The van der Waals surface area contributed by atoms with Crippen LogP contribution in [0, 0.1) is 0 Å². The van der Waals surface area contributed by atoms with Gasteiger partial charge in [0.2, 0.25) is 0 Å². The summed E-state index contributed by atoms with van der Waals surface area (Å²) < 4.78 is 5.02. The van der Waals surface area contributed by atoms with Crippen LogP contribution >= 0.6 is 23.2 Å². The maximum atomic E-state index is 12.8. The number of aliphatic carboxylic acids is 1. The van der Waals surface area contributed by atoms with E-state index in [0.29, 0.717) is 16.3 Å². The molecule has 29 heavy (non-hydrogen) atoms. The van der Waals surface area contributed by atoms with Gasteiger partial charge < -0.3 is 19.7 Å². The first-order chi connectivity index (χ1) is 13.7. The highest BCUT2D eigenvalue weighted by Gasteiger charge is 2.44. The second kappa shape index (κ2) is 8.14. The molecule has 0 saturated heterocycles. The number of halogens is 2. The van der Waals surface area contributed by atoms with E-state index in [4.69, 9.17) is 27.9 Å². The fraction of sp³-hybridized carbons (Fsp3) is 0.150. The summed E-state index contributed by atoms with van der Waals surface area (Å²) in [6.07, 6.45) is 0. The predicted octanol–water partition coefficient (Wildman–Crippen LogP) is 2.61. The molecule has 2 aromatic rings. The van der Waals surface area contributed by atoms with Gasteiger partial charge in [-0.3, -0.25) is 14.5 Å². The summed E-state index contributed by atoms with van der Waals surface area (Å²) >= 11 is 12.3. The van der Waals surface area contributed by atoms with Gasteiger partial charge in [0.05, 0.1) is 17.6 Å². The fourth-order valence-electron chi connectivity index (χ4n) is 3.09. The van der Waals surface area contributed by atoms with E-state index in [1.807, 2.05) is 0 Å². The number of nitrogens with zero attached hydrogens (tertiary/aromatic N) is 1. The summed E-state index contributed by atoms with van der Waals surface area (Å²) in [4.78, 5) is 36.7. The van der Waals surface area contributed by atoms with Crippen molar-refractivity contribution >= 4 is 46.5 Å². The average molecular weight is 435 g/mol. The maximum absolute atomic E-state index is 12.8. The Labute approximate surface area is 175 Å². The minimum atomic E-state index is -1.37. The van der Waals surface area contributed by atoms with Gasteiger partial charge >= 0.3 is 0 Å². The quantitative estimate of drug-likeness (QED) is 0.748. The number of ether oxygens (including phenoxy) is 1. The van der Waals surface area contributed by atoms with Crippen LogP contribution in [0.5, 0.6) is 5.75 Å². The third-order valence-corrected chi connectivity index (χ3v) is 4.88. The van der Waals surface area contributed by atoms with Gasteiger partial charge in [0.1, 0.15) is 12.4 Å². The zero-order chi connectivity index (χ0) is 21.3. The van der Waals surface area contributed by atoms with Crippen molar-refractivity contribution in [3.63, 3.8) is 0 Å². The molecule has 0 radical (unpaired) electrons. The van der Waals surface area contributed by atoms with Gasteiger partial charge in [-0.1, -0.05) is 29.3 Å². The summed E-state index contributed by atoms with van der Waals surface area (Å²) in [5.41, 5.74) is 0.669. The molecular formula is C20H14Cl2NO6-. The lowest BCUT2D eigenvalue weighted by Crippen LogP contribution is -2.31. The number of ketones is 1. The second-order valence-corrected chi connectivity index (χ2v) is 7.06. The molecule has 0 aromatic heterocycles. The van der Waals surface area contributed by atoms with Gasteiger partial charge in [0, 0.05) is 15.7 Å². The van der Waals surface area contributed by atoms with Gasteiger partial charge in [0.15, 0.2) is 11.5 Å². The first-order valence-electron chi connectivity index (χ1n) is 8.36. The van der Waals surface area contributed by atoms with E-state index in [-0.39, 0.29) is 16.3 Å². The Morgan fingerprint density at radius 1 is 1.17 bits per heavy atom. The number of amides is 1. The summed E-state index contributed by atoms with van der Waals surface area (Å²) in [6, 6.07) is 9.56. The molecule has 0 spiro atoms. The molecule has 2 aromatic carbocycles. The van der Waals surface area contributed by atoms with Crippen molar-refractivity contribution in [2.24, 2.45) is 0 Å². The molecule has 0 aliphatic carbocycles. The Morgan fingerprint density at radius 3 is 2.38 bits per heavy atom. The molecule has 1 aliphatic rings. The van der Waals surface area contributed by atoms with E-state index in [9.17, 15) is 24.6 Å². The van der Waals surface area contributed by atoms with Gasteiger partial charge in [-0.15, -0.1) is 0 Å². The van der Waals surface area contributed by atoms with E-state index >= 15 is 0 Å². The van der Waals surface area contributed by atoms with E-state index in [1.165, 1.54) is 42.2 Å². The number of aliphatic hydroxyl groups is 1. The van der Waals surface area contributed by atoms with E-state index in [2.05, 4.69) is 0 Å². The lowest BCUT2D eigenvalue weighted by atomic mass is 9.96. The van der Waals surface area contributed by atoms with Gasteiger partial charge in [-0.05, 0) is 48.9 Å². The molecule has 0 bridgehead atoms. The third kappa shape index (κ3) is 4.06. The van der Waals surface area contributed by atoms with Gasteiger partial charge in [-0.2, -0.15) is 0 Å². The second-order valence-electron chi connectivity index (χ2n) is 6.22. The smallest absolute Gasteiger partial charge is 0.294 e. The number of aliphatic hydroxyl groups excluding tert-OH is 1. The van der Waals surface area contributed by atoms with Crippen LogP contribution in [0.1, 0.15) is 18.5 Å². The molecule has 0 fully saturated rings. The fourth-order valence-corrected chi connectivity index (χ4v) is 3.61. The Hall–Kier alpha value is -3.03. The Kier molecular flexibility index (Phi) is 5.81. The lowest BCUT2D eigenvalue weighted by molar-refractivity contribution is -0.307. The highest BCUT2D eigenvalue weighted by atomic mass is 35.5.